The van der Waals surface area contributed by atoms with Crippen LogP contribution in [0.4, 0.5) is 0 Å². The highest BCUT2D eigenvalue weighted by Gasteiger charge is 2.18. The van der Waals surface area contributed by atoms with E-state index in [0.29, 0.717) is 18.0 Å². The van der Waals surface area contributed by atoms with E-state index in [1.54, 1.807) is 6.07 Å². The maximum Gasteiger partial charge on any atom is 0.274 e. The molecule has 8 heteroatoms. The van der Waals surface area contributed by atoms with Gasteiger partial charge in [-0.05, 0) is 25.6 Å². The zero-order chi connectivity index (χ0) is 14.6. The first-order valence-electron chi connectivity index (χ1n) is 6.21. The van der Waals surface area contributed by atoms with Gasteiger partial charge in [-0.3, -0.25) is 0 Å². The molecular formula is C12H17N3O3S2. The van der Waals surface area contributed by atoms with E-state index in [1.807, 2.05) is 19.2 Å². The fraction of sp³-hybridized carbons (Fsp3) is 0.417. The number of aromatic nitrogens is 1. The molecule has 2 aromatic heterocycles. The molecular weight excluding hydrogens is 298 g/mol. The highest BCUT2D eigenvalue weighted by molar-refractivity contribution is 7.89. The molecule has 0 amide bonds. The second-order valence-corrected chi connectivity index (χ2v) is 6.94. The molecule has 0 aliphatic heterocycles. The van der Waals surface area contributed by atoms with Crippen LogP contribution >= 0.6 is 11.3 Å². The highest BCUT2D eigenvalue weighted by Crippen LogP contribution is 2.15. The Morgan fingerprint density at radius 1 is 1.35 bits per heavy atom. The number of nitrogens with one attached hydrogen (secondary N) is 2. The summed E-state index contributed by atoms with van der Waals surface area (Å²) in [5.41, 5.74) is 0.704. The van der Waals surface area contributed by atoms with Gasteiger partial charge in [0.15, 0.2) is 0 Å². The Morgan fingerprint density at radius 3 is 2.80 bits per heavy atom. The zero-order valence-corrected chi connectivity index (χ0v) is 13.0. The predicted octanol–water partition coefficient (Wildman–Crippen LogP) is 1.63. The molecule has 2 aromatic rings. The molecule has 2 heterocycles. The molecule has 2 N–H and O–H groups in total. The highest BCUT2D eigenvalue weighted by atomic mass is 32.2. The number of rotatable bonds is 7. The normalized spacial score (nSPS) is 11.9. The number of thiazole rings is 1. The van der Waals surface area contributed by atoms with E-state index < -0.39 is 10.0 Å². The van der Waals surface area contributed by atoms with Crippen molar-refractivity contribution in [3.8, 4) is 0 Å². The van der Waals surface area contributed by atoms with Crippen molar-refractivity contribution in [3.63, 3.8) is 0 Å². The van der Waals surface area contributed by atoms with Crippen LogP contribution in [0.2, 0.25) is 0 Å². The second-order valence-electron chi connectivity index (χ2n) is 4.18. The molecule has 110 valence electrons. The van der Waals surface area contributed by atoms with Crippen LogP contribution in [-0.4, -0.2) is 19.9 Å². The lowest BCUT2D eigenvalue weighted by molar-refractivity contribution is 0.401. The van der Waals surface area contributed by atoms with Crippen molar-refractivity contribution < 1.29 is 12.8 Å². The third-order valence-electron chi connectivity index (χ3n) is 2.56. The fourth-order valence-corrected chi connectivity index (χ4v) is 3.13. The Labute approximate surface area is 122 Å². The summed E-state index contributed by atoms with van der Waals surface area (Å²) in [6.45, 7) is 5.32. The summed E-state index contributed by atoms with van der Waals surface area (Å²) >= 11 is 1.49. The molecule has 0 atom stereocenters. The van der Waals surface area contributed by atoms with Crippen molar-refractivity contribution in [1.29, 1.82) is 0 Å². The van der Waals surface area contributed by atoms with Crippen LogP contribution in [0.3, 0.4) is 0 Å². The largest absolute Gasteiger partial charge is 0.447 e. The molecule has 0 spiro atoms. The number of nitrogens with zero attached hydrogens (tertiary/aromatic N) is 1. The van der Waals surface area contributed by atoms with E-state index in [-0.39, 0.29) is 11.6 Å². The Bertz CT molecular complexity index is 661. The Hall–Kier alpha value is -1.22. The van der Waals surface area contributed by atoms with Crippen LogP contribution in [0.1, 0.15) is 23.4 Å². The van der Waals surface area contributed by atoms with Crippen LogP contribution in [0, 0.1) is 6.92 Å². The van der Waals surface area contributed by atoms with Gasteiger partial charge in [0.2, 0.25) is 5.09 Å². The zero-order valence-electron chi connectivity index (χ0n) is 11.3. The maximum atomic E-state index is 12.0. The summed E-state index contributed by atoms with van der Waals surface area (Å²) in [5, 5.41) is 5.74. The molecule has 0 aliphatic rings. The standard InChI is InChI=1S/C12H17N3O3S2/c1-3-13-7-11-4-5-12(18-11)20(16,17)14-6-10-8-19-9(2)15-10/h4-5,8,13-14H,3,6-7H2,1-2H3. The smallest absolute Gasteiger partial charge is 0.274 e. The number of furan rings is 1. The van der Waals surface area contributed by atoms with Gasteiger partial charge in [0.25, 0.3) is 10.0 Å². The topological polar surface area (TPSA) is 84.2 Å². The van der Waals surface area contributed by atoms with Crippen LogP contribution in [-0.2, 0) is 23.1 Å². The van der Waals surface area contributed by atoms with Gasteiger partial charge >= 0.3 is 0 Å². The minimum atomic E-state index is -3.63. The minimum absolute atomic E-state index is 0.0719. The Kier molecular flexibility index (Phi) is 4.92. The molecule has 0 saturated carbocycles. The predicted molar refractivity (Wildman–Crippen MR) is 77.0 cm³/mol. The molecule has 0 fully saturated rings. The Morgan fingerprint density at radius 2 is 2.15 bits per heavy atom. The lowest BCUT2D eigenvalue weighted by Crippen LogP contribution is -2.23. The van der Waals surface area contributed by atoms with Gasteiger partial charge in [-0.15, -0.1) is 11.3 Å². The van der Waals surface area contributed by atoms with Crippen LogP contribution in [0.25, 0.3) is 0 Å². The molecule has 0 aromatic carbocycles. The SMILES string of the molecule is CCNCc1ccc(S(=O)(=O)NCc2csc(C)n2)o1. The van der Waals surface area contributed by atoms with Crippen LogP contribution in [0.5, 0.6) is 0 Å². The fourth-order valence-electron chi connectivity index (χ4n) is 1.58. The van der Waals surface area contributed by atoms with Crippen molar-refractivity contribution in [2.24, 2.45) is 0 Å². The van der Waals surface area contributed by atoms with E-state index in [4.69, 9.17) is 4.42 Å². The first-order valence-corrected chi connectivity index (χ1v) is 8.57. The summed E-state index contributed by atoms with van der Waals surface area (Å²) in [6, 6.07) is 3.12. The van der Waals surface area contributed by atoms with Gasteiger partial charge in [-0.2, -0.15) is 0 Å². The lowest BCUT2D eigenvalue weighted by Gasteiger charge is -2.02. The molecule has 0 radical (unpaired) electrons. The average molecular weight is 315 g/mol. The van der Waals surface area contributed by atoms with Crippen LogP contribution < -0.4 is 10.0 Å². The number of aryl methyl sites for hydroxylation is 1. The third kappa shape index (κ3) is 3.89. The van der Waals surface area contributed by atoms with Crippen molar-refractivity contribution in [1.82, 2.24) is 15.0 Å². The van der Waals surface area contributed by atoms with Gasteiger partial charge in [-0.25, -0.2) is 18.1 Å². The molecule has 20 heavy (non-hydrogen) atoms. The number of hydrogen-bond donors (Lipinski definition) is 2. The van der Waals surface area contributed by atoms with Gasteiger partial charge in [0, 0.05) is 5.38 Å². The summed E-state index contributed by atoms with van der Waals surface area (Å²) < 4.78 is 31.9. The van der Waals surface area contributed by atoms with E-state index >= 15 is 0 Å². The first kappa shape index (κ1) is 15.2. The van der Waals surface area contributed by atoms with Gasteiger partial charge in [-0.1, -0.05) is 6.92 Å². The second kappa shape index (κ2) is 6.49. The summed E-state index contributed by atoms with van der Waals surface area (Å²) in [6.07, 6.45) is 0. The van der Waals surface area contributed by atoms with Crippen molar-refractivity contribution in [3.05, 3.63) is 34.0 Å². The maximum absolute atomic E-state index is 12.0. The van der Waals surface area contributed by atoms with E-state index in [2.05, 4.69) is 15.0 Å². The average Bonchev–Trinajstić information content (AvgIpc) is 3.03. The number of hydrogen-bond acceptors (Lipinski definition) is 6. The quantitative estimate of drug-likeness (QED) is 0.811. The Balaban J connectivity index is 2.00. The summed E-state index contributed by atoms with van der Waals surface area (Å²) in [5.74, 6) is 0.594. The summed E-state index contributed by atoms with van der Waals surface area (Å²) in [7, 11) is -3.63. The minimum Gasteiger partial charge on any atom is -0.447 e. The third-order valence-corrected chi connectivity index (χ3v) is 4.66. The molecule has 0 bridgehead atoms. The van der Waals surface area contributed by atoms with E-state index in [9.17, 15) is 8.42 Å². The molecule has 0 aliphatic carbocycles. The van der Waals surface area contributed by atoms with E-state index in [0.717, 1.165) is 11.6 Å². The van der Waals surface area contributed by atoms with Crippen molar-refractivity contribution in [2.45, 2.75) is 32.0 Å². The molecule has 2 rings (SSSR count). The van der Waals surface area contributed by atoms with Crippen LogP contribution in [0.15, 0.2) is 27.0 Å². The van der Waals surface area contributed by atoms with Crippen molar-refractivity contribution >= 4 is 21.4 Å². The lowest BCUT2D eigenvalue weighted by atomic mass is 10.4. The number of sulfonamides is 1. The van der Waals surface area contributed by atoms with Gasteiger partial charge < -0.3 is 9.73 Å². The molecule has 0 unspecified atom stereocenters. The van der Waals surface area contributed by atoms with Gasteiger partial charge in [0.05, 0.1) is 23.8 Å². The van der Waals surface area contributed by atoms with Gasteiger partial charge in [0.1, 0.15) is 5.76 Å². The van der Waals surface area contributed by atoms with E-state index in [1.165, 1.54) is 17.4 Å². The summed E-state index contributed by atoms with van der Waals surface area (Å²) in [4.78, 5) is 4.20. The van der Waals surface area contributed by atoms with Crippen molar-refractivity contribution in [2.75, 3.05) is 6.54 Å². The molecule has 6 nitrogen and oxygen atoms in total. The first-order chi connectivity index (χ1) is 9.51. The molecule has 0 saturated heterocycles. The monoisotopic (exact) mass is 315 g/mol.